The van der Waals surface area contributed by atoms with Crippen molar-refractivity contribution in [2.45, 2.75) is 37.5 Å². The molecule has 0 fully saturated rings. The normalized spacial score (nSPS) is 19.3. The molecule has 0 N–H and O–H groups in total. The van der Waals surface area contributed by atoms with E-state index < -0.39 is 20.5 Å². The Morgan fingerprint density at radius 2 is 1.89 bits per heavy atom. The number of nitrogens with zero attached hydrogens (tertiary/aromatic N) is 3. The molecule has 1 unspecified atom stereocenters. The summed E-state index contributed by atoms with van der Waals surface area (Å²) < 4.78 is 28.1. The van der Waals surface area contributed by atoms with E-state index in [1.54, 1.807) is 12.5 Å². The van der Waals surface area contributed by atoms with Crippen LogP contribution in [0.25, 0.3) is 0 Å². The van der Waals surface area contributed by atoms with Gasteiger partial charge in [0.2, 0.25) is 0 Å². The maximum Gasteiger partial charge on any atom is 0.181 e. The van der Waals surface area contributed by atoms with E-state index in [-0.39, 0.29) is 5.41 Å². The summed E-state index contributed by atoms with van der Waals surface area (Å²) in [4.78, 5) is 9.48. The first kappa shape index (κ1) is 14.6. The minimum Gasteiger partial charge on any atom is -0.254 e. The van der Waals surface area contributed by atoms with Crippen LogP contribution >= 0.6 is 0 Å². The van der Waals surface area contributed by atoms with Gasteiger partial charge in [0.15, 0.2) is 5.82 Å². The molecular weight excluding hydrogens is 282 g/mol. The number of aryl methyl sites for hydroxylation is 1. The second-order valence-electron chi connectivity index (χ2n) is 5.97. The zero-order valence-electron chi connectivity index (χ0n) is 11.9. The highest BCUT2D eigenvalue weighted by atomic mass is 32.2. The van der Waals surface area contributed by atoms with Gasteiger partial charge in [-0.2, -0.15) is 4.36 Å². The summed E-state index contributed by atoms with van der Waals surface area (Å²) in [5.41, 5.74) is 0.576. The molecule has 0 aromatic carbocycles. The van der Waals surface area contributed by atoms with E-state index in [1.807, 2.05) is 20.8 Å². The van der Waals surface area contributed by atoms with E-state index in [0.29, 0.717) is 28.7 Å². The Bertz CT molecular complexity index is 660. The molecule has 19 heavy (non-hydrogen) atoms. The zero-order valence-corrected chi connectivity index (χ0v) is 13.5. The third-order valence-corrected chi connectivity index (χ3v) is 4.71. The van der Waals surface area contributed by atoms with Crippen LogP contribution in [0.15, 0.2) is 9.26 Å². The van der Waals surface area contributed by atoms with Crippen LogP contribution in [0.3, 0.4) is 0 Å². The first-order chi connectivity index (χ1) is 8.58. The van der Waals surface area contributed by atoms with Crippen molar-refractivity contribution in [2.24, 2.45) is 4.36 Å². The summed E-state index contributed by atoms with van der Waals surface area (Å²) in [6, 6.07) is 0. The summed E-state index contributed by atoms with van der Waals surface area (Å²) >= 11 is 0. The van der Waals surface area contributed by atoms with Crippen LogP contribution in [0.4, 0.5) is 5.82 Å². The van der Waals surface area contributed by atoms with Gasteiger partial charge < -0.3 is 0 Å². The summed E-state index contributed by atoms with van der Waals surface area (Å²) in [5.74, 6) is 1.56. The minimum absolute atomic E-state index is 0.217. The van der Waals surface area contributed by atoms with E-state index in [1.165, 1.54) is 0 Å². The van der Waals surface area contributed by atoms with Crippen molar-refractivity contribution in [2.75, 3.05) is 18.3 Å². The van der Waals surface area contributed by atoms with E-state index in [4.69, 9.17) is 0 Å². The van der Waals surface area contributed by atoms with Crippen molar-refractivity contribution in [3.63, 3.8) is 0 Å². The highest BCUT2D eigenvalue weighted by molar-refractivity contribution is 7.92. The molecule has 0 bridgehead atoms. The summed E-state index contributed by atoms with van der Waals surface area (Å²) in [6.45, 7) is 6.04. The van der Waals surface area contributed by atoms with Crippen molar-refractivity contribution < 1.29 is 8.42 Å². The van der Waals surface area contributed by atoms with Crippen molar-refractivity contribution in [3.8, 4) is 0 Å². The van der Waals surface area contributed by atoms with Crippen LogP contribution in [0.1, 0.15) is 32.3 Å². The van der Waals surface area contributed by atoms with E-state index >= 15 is 0 Å². The molecule has 0 saturated carbocycles. The number of hydrogen-bond acceptors (Lipinski definition) is 5. The number of aromatic nitrogens is 2. The Balaban J connectivity index is 2.74. The van der Waals surface area contributed by atoms with Crippen LogP contribution in [0, 0.1) is 0 Å². The molecule has 1 atom stereocenters. The van der Waals surface area contributed by atoms with Gasteiger partial charge in [0.1, 0.15) is 10.7 Å². The van der Waals surface area contributed by atoms with Crippen LogP contribution in [-0.2, 0) is 32.4 Å². The van der Waals surface area contributed by atoms with Gasteiger partial charge in [0.05, 0.1) is 16.5 Å². The van der Waals surface area contributed by atoms with E-state index in [9.17, 15) is 8.42 Å². The third-order valence-electron chi connectivity index (χ3n) is 2.65. The van der Waals surface area contributed by atoms with Gasteiger partial charge in [-0.05, 0) is 0 Å². The highest BCUT2D eigenvalue weighted by Gasteiger charge is 2.29. The SMILES string of the molecule is CC(C)(C)c1nc2c(c(N=S(C)(C)=O)n1)S(=O)CC2. The van der Waals surface area contributed by atoms with Crippen LogP contribution < -0.4 is 0 Å². The lowest BCUT2D eigenvalue weighted by molar-refractivity contribution is 0.540. The van der Waals surface area contributed by atoms with Gasteiger partial charge in [-0.1, -0.05) is 20.8 Å². The molecule has 0 aliphatic carbocycles. The summed E-state index contributed by atoms with van der Waals surface area (Å²) in [7, 11) is -3.46. The van der Waals surface area contributed by atoms with Gasteiger partial charge in [-0.25, -0.2) is 14.2 Å². The minimum atomic E-state index is -2.33. The number of rotatable bonds is 1. The maximum absolute atomic E-state index is 12.0. The molecule has 1 aliphatic rings. The van der Waals surface area contributed by atoms with Gasteiger partial charge >= 0.3 is 0 Å². The second kappa shape index (κ2) is 4.63. The van der Waals surface area contributed by atoms with Crippen LogP contribution in [0.5, 0.6) is 0 Å². The molecule has 0 saturated heterocycles. The molecule has 0 radical (unpaired) electrons. The standard InChI is InChI=1S/C12H19N3O2S2/c1-12(2,3)11-13-8-6-7-18(16)9(8)10(14-11)15-19(4,5)17/h6-7H2,1-5H3. The Morgan fingerprint density at radius 1 is 1.26 bits per heavy atom. The lowest BCUT2D eigenvalue weighted by Gasteiger charge is -2.18. The molecule has 2 rings (SSSR count). The molecular formula is C12H19N3O2S2. The van der Waals surface area contributed by atoms with Gasteiger partial charge in [0, 0.05) is 39.8 Å². The van der Waals surface area contributed by atoms with E-state index in [2.05, 4.69) is 14.3 Å². The van der Waals surface area contributed by atoms with Crippen molar-refractivity contribution in [1.29, 1.82) is 0 Å². The topological polar surface area (TPSA) is 72.3 Å². The Labute approximate surface area is 116 Å². The van der Waals surface area contributed by atoms with E-state index in [0.717, 1.165) is 5.69 Å². The smallest absolute Gasteiger partial charge is 0.181 e. The average Bonchev–Trinajstić information content (AvgIpc) is 2.57. The third kappa shape index (κ3) is 3.20. The van der Waals surface area contributed by atoms with Gasteiger partial charge in [-0.15, -0.1) is 0 Å². The monoisotopic (exact) mass is 301 g/mol. The first-order valence-corrected chi connectivity index (χ1v) is 9.70. The molecule has 2 heterocycles. The largest absolute Gasteiger partial charge is 0.254 e. The second-order valence-corrected chi connectivity index (χ2v) is 10.0. The Kier molecular flexibility index (Phi) is 3.55. The molecule has 7 heteroatoms. The highest BCUT2D eigenvalue weighted by Crippen LogP contribution is 2.32. The molecule has 0 spiro atoms. The van der Waals surface area contributed by atoms with Crippen LogP contribution in [0.2, 0.25) is 0 Å². The maximum atomic E-state index is 12.0. The van der Waals surface area contributed by atoms with Crippen molar-refractivity contribution >= 4 is 26.3 Å². The number of fused-ring (bicyclic) bond motifs is 1. The van der Waals surface area contributed by atoms with Crippen molar-refractivity contribution in [3.05, 3.63) is 11.5 Å². The lowest BCUT2D eigenvalue weighted by atomic mass is 9.95. The first-order valence-electron chi connectivity index (χ1n) is 6.05. The average molecular weight is 301 g/mol. The predicted octanol–water partition coefficient (Wildman–Crippen LogP) is 1.80. The Hall–Kier alpha value is -0.820. The molecule has 5 nitrogen and oxygen atoms in total. The van der Waals surface area contributed by atoms with Gasteiger partial charge in [0.25, 0.3) is 0 Å². The number of hydrogen-bond donors (Lipinski definition) is 0. The molecule has 106 valence electrons. The lowest BCUT2D eigenvalue weighted by Crippen LogP contribution is -2.17. The fourth-order valence-electron chi connectivity index (χ4n) is 1.78. The fourth-order valence-corrected chi connectivity index (χ4v) is 3.68. The molecule has 0 amide bonds. The van der Waals surface area contributed by atoms with Crippen LogP contribution in [-0.4, -0.2) is 36.7 Å². The Morgan fingerprint density at radius 3 is 2.42 bits per heavy atom. The molecule has 1 aromatic rings. The summed E-state index contributed by atoms with van der Waals surface area (Å²) in [5, 5.41) is 0. The quantitative estimate of drug-likeness (QED) is 0.793. The zero-order chi connectivity index (χ0) is 14.4. The molecule has 1 aromatic heterocycles. The predicted molar refractivity (Wildman–Crippen MR) is 77.8 cm³/mol. The van der Waals surface area contributed by atoms with Crippen molar-refractivity contribution in [1.82, 2.24) is 9.97 Å². The van der Waals surface area contributed by atoms with Gasteiger partial charge in [-0.3, -0.25) is 4.21 Å². The fraction of sp³-hybridized carbons (Fsp3) is 0.667. The molecule has 1 aliphatic heterocycles. The summed E-state index contributed by atoms with van der Waals surface area (Å²) in [6.07, 6.45) is 3.77.